The van der Waals surface area contributed by atoms with Crippen LogP contribution in [0, 0.1) is 0 Å². The van der Waals surface area contributed by atoms with Gasteiger partial charge in [0.1, 0.15) is 0 Å². The van der Waals surface area contributed by atoms with E-state index in [2.05, 4.69) is 50.4 Å². The van der Waals surface area contributed by atoms with Gasteiger partial charge in [0.05, 0.1) is 0 Å². The highest BCUT2D eigenvalue weighted by Crippen LogP contribution is 2.38. The first-order chi connectivity index (χ1) is 10.3. The molecule has 4 rings (SSSR count). The molecule has 114 valence electrons. The second kappa shape index (κ2) is 6.02. The van der Waals surface area contributed by atoms with Gasteiger partial charge in [0, 0.05) is 22.6 Å². The molecule has 2 aliphatic carbocycles. The normalized spacial score (nSPS) is 31.1. The van der Waals surface area contributed by atoms with Gasteiger partial charge in [-0.3, -0.25) is 0 Å². The van der Waals surface area contributed by atoms with Gasteiger partial charge >= 0.3 is 0 Å². The number of nitrogens with one attached hydrogen (secondary N) is 1. The zero-order chi connectivity index (χ0) is 14.2. The summed E-state index contributed by atoms with van der Waals surface area (Å²) < 4.78 is 1.18. The summed E-state index contributed by atoms with van der Waals surface area (Å²) in [4.78, 5) is 2.71. The fourth-order valence-electron chi connectivity index (χ4n) is 3.97. The van der Waals surface area contributed by atoms with Gasteiger partial charge in [-0.05, 0) is 75.2 Å². The third kappa shape index (κ3) is 3.35. The lowest BCUT2D eigenvalue weighted by molar-refractivity contribution is 0.165. The van der Waals surface area contributed by atoms with E-state index < -0.39 is 0 Å². The zero-order valence-electron chi connectivity index (χ0n) is 12.6. The number of hydrogen-bond donors (Lipinski definition) is 1. The van der Waals surface area contributed by atoms with Crippen LogP contribution < -0.4 is 5.32 Å². The first-order valence-electron chi connectivity index (χ1n) is 8.53. The van der Waals surface area contributed by atoms with Crippen LogP contribution in [0.25, 0.3) is 0 Å². The molecule has 3 aliphatic rings. The molecule has 0 radical (unpaired) electrons. The Morgan fingerprint density at radius 2 is 1.57 bits per heavy atom. The van der Waals surface area contributed by atoms with Crippen molar-refractivity contribution in [2.24, 2.45) is 0 Å². The number of halogens is 1. The molecule has 0 spiro atoms. The molecule has 3 fully saturated rings. The van der Waals surface area contributed by atoms with Crippen LogP contribution in [-0.2, 0) is 0 Å². The number of benzene rings is 1. The smallest absolute Gasteiger partial charge is 0.0175 e. The summed E-state index contributed by atoms with van der Waals surface area (Å²) in [7, 11) is 0. The fourth-order valence-corrected chi connectivity index (χ4v) is 4.23. The van der Waals surface area contributed by atoms with Crippen molar-refractivity contribution in [3.63, 3.8) is 0 Å². The summed E-state index contributed by atoms with van der Waals surface area (Å²) in [6.07, 6.45) is 8.27. The van der Waals surface area contributed by atoms with Gasteiger partial charge in [-0.2, -0.15) is 0 Å². The van der Waals surface area contributed by atoms with Gasteiger partial charge in [0.25, 0.3) is 0 Å². The van der Waals surface area contributed by atoms with Crippen molar-refractivity contribution in [3.8, 4) is 0 Å². The molecule has 0 unspecified atom stereocenters. The molecule has 2 saturated carbocycles. The van der Waals surface area contributed by atoms with Gasteiger partial charge in [-0.1, -0.05) is 28.1 Å². The van der Waals surface area contributed by atoms with E-state index in [-0.39, 0.29) is 0 Å². The molecule has 1 heterocycles. The van der Waals surface area contributed by atoms with Crippen LogP contribution in [0.4, 0.5) is 0 Å². The monoisotopic (exact) mass is 348 g/mol. The molecule has 0 amide bonds. The van der Waals surface area contributed by atoms with E-state index in [0.717, 1.165) is 24.0 Å². The highest BCUT2D eigenvalue weighted by Gasteiger charge is 2.35. The Kier molecular flexibility index (Phi) is 4.08. The number of likely N-dealkylation sites (tertiary alicyclic amines) is 1. The van der Waals surface area contributed by atoms with Gasteiger partial charge in [-0.15, -0.1) is 0 Å². The maximum Gasteiger partial charge on any atom is 0.0175 e. The standard InChI is InChI=1S/C18H25BrN2/c19-15-3-1-13(2-4-15)14-11-17(12-14)20-16-7-9-21(10-8-16)18-5-6-18/h1-4,14,16-18,20H,5-12H2. The van der Waals surface area contributed by atoms with Crippen molar-refractivity contribution in [2.45, 2.75) is 62.6 Å². The number of hydrogen-bond acceptors (Lipinski definition) is 2. The molecule has 1 N–H and O–H groups in total. The van der Waals surface area contributed by atoms with E-state index in [9.17, 15) is 0 Å². The number of piperidine rings is 1. The lowest BCUT2D eigenvalue weighted by Gasteiger charge is -2.41. The van der Waals surface area contributed by atoms with E-state index in [1.165, 1.54) is 61.7 Å². The number of rotatable bonds is 4. The predicted molar refractivity (Wildman–Crippen MR) is 90.7 cm³/mol. The summed E-state index contributed by atoms with van der Waals surface area (Å²) >= 11 is 3.52. The van der Waals surface area contributed by atoms with Crippen molar-refractivity contribution in [3.05, 3.63) is 34.3 Å². The highest BCUT2D eigenvalue weighted by atomic mass is 79.9. The van der Waals surface area contributed by atoms with E-state index in [4.69, 9.17) is 0 Å². The summed E-state index contributed by atoms with van der Waals surface area (Å²) in [6, 6.07) is 11.4. The Morgan fingerprint density at radius 3 is 2.19 bits per heavy atom. The zero-order valence-corrected chi connectivity index (χ0v) is 14.2. The molecular formula is C18H25BrN2. The highest BCUT2D eigenvalue weighted by molar-refractivity contribution is 9.10. The van der Waals surface area contributed by atoms with Crippen molar-refractivity contribution < 1.29 is 0 Å². The predicted octanol–water partition coefficient (Wildman–Crippen LogP) is 3.91. The van der Waals surface area contributed by atoms with Crippen LogP contribution in [0.2, 0.25) is 0 Å². The average Bonchev–Trinajstić information content (AvgIpc) is 3.29. The van der Waals surface area contributed by atoms with Gasteiger partial charge in [0.2, 0.25) is 0 Å². The van der Waals surface area contributed by atoms with Crippen molar-refractivity contribution in [1.29, 1.82) is 0 Å². The molecule has 3 heteroatoms. The molecule has 21 heavy (non-hydrogen) atoms. The minimum Gasteiger partial charge on any atom is -0.311 e. The van der Waals surface area contributed by atoms with E-state index in [0.29, 0.717) is 0 Å². The molecule has 0 aromatic heterocycles. The molecular weight excluding hydrogens is 324 g/mol. The first kappa shape index (κ1) is 14.2. The average molecular weight is 349 g/mol. The Balaban J connectivity index is 1.21. The van der Waals surface area contributed by atoms with E-state index >= 15 is 0 Å². The second-order valence-corrected chi connectivity index (χ2v) is 8.04. The minimum absolute atomic E-state index is 0.760. The molecule has 1 saturated heterocycles. The topological polar surface area (TPSA) is 15.3 Å². The second-order valence-electron chi connectivity index (χ2n) is 7.12. The minimum atomic E-state index is 0.760. The van der Waals surface area contributed by atoms with Crippen molar-refractivity contribution >= 4 is 15.9 Å². The molecule has 2 nitrogen and oxygen atoms in total. The first-order valence-corrected chi connectivity index (χ1v) is 9.33. The third-order valence-corrected chi connectivity index (χ3v) is 6.07. The largest absolute Gasteiger partial charge is 0.311 e. The molecule has 0 atom stereocenters. The van der Waals surface area contributed by atoms with Crippen LogP contribution in [0.15, 0.2) is 28.7 Å². The van der Waals surface area contributed by atoms with E-state index in [1.54, 1.807) is 0 Å². The van der Waals surface area contributed by atoms with Gasteiger partial charge in [0.15, 0.2) is 0 Å². The lowest BCUT2D eigenvalue weighted by Crippen LogP contribution is -2.50. The molecule has 1 aromatic carbocycles. The SMILES string of the molecule is Brc1ccc(C2CC(NC3CCN(C4CC4)CC3)C2)cc1. The Morgan fingerprint density at radius 1 is 0.905 bits per heavy atom. The quantitative estimate of drug-likeness (QED) is 0.887. The maximum absolute atomic E-state index is 3.91. The van der Waals surface area contributed by atoms with Crippen LogP contribution in [0.1, 0.15) is 50.0 Å². The van der Waals surface area contributed by atoms with Crippen molar-refractivity contribution in [2.75, 3.05) is 13.1 Å². The van der Waals surface area contributed by atoms with Gasteiger partial charge < -0.3 is 10.2 Å². The van der Waals surface area contributed by atoms with Crippen LogP contribution in [0.3, 0.4) is 0 Å². The Hall–Kier alpha value is -0.380. The van der Waals surface area contributed by atoms with Crippen molar-refractivity contribution in [1.82, 2.24) is 10.2 Å². The van der Waals surface area contributed by atoms with Crippen LogP contribution in [0.5, 0.6) is 0 Å². The molecule has 1 aliphatic heterocycles. The van der Waals surface area contributed by atoms with Crippen LogP contribution >= 0.6 is 15.9 Å². The molecule has 1 aromatic rings. The molecule has 0 bridgehead atoms. The fraction of sp³-hybridized carbons (Fsp3) is 0.667. The van der Waals surface area contributed by atoms with Gasteiger partial charge in [-0.25, -0.2) is 0 Å². The summed E-state index contributed by atoms with van der Waals surface area (Å²) in [5, 5.41) is 3.91. The summed E-state index contributed by atoms with van der Waals surface area (Å²) in [6.45, 7) is 2.65. The summed E-state index contributed by atoms with van der Waals surface area (Å²) in [5.74, 6) is 0.780. The summed E-state index contributed by atoms with van der Waals surface area (Å²) in [5.41, 5.74) is 1.51. The van der Waals surface area contributed by atoms with E-state index in [1.807, 2.05) is 0 Å². The number of nitrogens with zero attached hydrogens (tertiary/aromatic N) is 1. The lowest BCUT2D eigenvalue weighted by atomic mass is 9.75. The Bertz CT molecular complexity index is 468. The third-order valence-electron chi connectivity index (χ3n) is 5.54. The van der Waals surface area contributed by atoms with Crippen LogP contribution in [-0.4, -0.2) is 36.1 Å². The maximum atomic E-state index is 3.91. The Labute approximate surface area is 136 Å².